The molecule has 0 spiro atoms. The number of alkyl halides is 1. The quantitative estimate of drug-likeness (QED) is 0.755. The van der Waals surface area contributed by atoms with Crippen molar-refractivity contribution in [1.29, 1.82) is 0 Å². The monoisotopic (exact) mass is 240 g/mol. The molecule has 2 rings (SSSR count). The molecule has 0 aromatic heterocycles. The minimum atomic E-state index is 0.160. The van der Waals surface area contributed by atoms with Crippen LogP contribution in [0.15, 0.2) is 24.3 Å². The molecule has 3 heteroatoms. The van der Waals surface area contributed by atoms with Gasteiger partial charge < -0.3 is 9.47 Å². The third kappa shape index (κ3) is 2.97. The molecule has 1 aliphatic rings. The largest absolute Gasteiger partial charge is 0.380 e. The molecule has 0 saturated carbocycles. The zero-order valence-electron chi connectivity index (χ0n) is 9.49. The van der Waals surface area contributed by atoms with Gasteiger partial charge in [-0.1, -0.05) is 24.3 Å². The van der Waals surface area contributed by atoms with Gasteiger partial charge in [0.1, 0.15) is 0 Å². The summed E-state index contributed by atoms with van der Waals surface area (Å²) in [6.45, 7) is 1.42. The van der Waals surface area contributed by atoms with Gasteiger partial charge in [0, 0.05) is 19.1 Å². The zero-order valence-corrected chi connectivity index (χ0v) is 10.2. The van der Waals surface area contributed by atoms with Crippen LogP contribution < -0.4 is 0 Å². The fraction of sp³-hybridized carbons (Fsp3) is 0.538. The number of hydrogen-bond donors (Lipinski definition) is 0. The van der Waals surface area contributed by atoms with Crippen molar-refractivity contribution in [3.63, 3.8) is 0 Å². The highest BCUT2D eigenvalue weighted by Crippen LogP contribution is 2.30. The van der Waals surface area contributed by atoms with E-state index in [9.17, 15) is 0 Å². The fourth-order valence-electron chi connectivity index (χ4n) is 1.98. The highest BCUT2D eigenvalue weighted by Gasteiger charge is 2.22. The van der Waals surface area contributed by atoms with E-state index in [1.165, 1.54) is 11.1 Å². The maximum absolute atomic E-state index is 6.14. The van der Waals surface area contributed by atoms with Crippen molar-refractivity contribution < 1.29 is 9.47 Å². The Labute approximate surface area is 102 Å². The molecule has 0 N–H and O–H groups in total. The first-order valence-corrected chi connectivity index (χ1v) is 6.06. The Kier molecular flexibility index (Phi) is 4.22. The number of ether oxygens (including phenoxy) is 2. The first-order valence-electron chi connectivity index (χ1n) is 5.63. The molecule has 0 amide bonds. The van der Waals surface area contributed by atoms with Crippen LogP contribution in [0.1, 0.15) is 30.1 Å². The minimum Gasteiger partial charge on any atom is -0.380 e. The van der Waals surface area contributed by atoms with Crippen molar-refractivity contribution in [3.8, 4) is 0 Å². The topological polar surface area (TPSA) is 18.5 Å². The van der Waals surface area contributed by atoms with Gasteiger partial charge in [-0.3, -0.25) is 0 Å². The van der Waals surface area contributed by atoms with Gasteiger partial charge in [-0.15, -0.1) is 11.6 Å². The summed E-state index contributed by atoms with van der Waals surface area (Å²) in [4.78, 5) is 0. The van der Waals surface area contributed by atoms with E-state index < -0.39 is 0 Å². The van der Waals surface area contributed by atoms with Crippen LogP contribution in [0.25, 0.3) is 0 Å². The van der Waals surface area contributed by atoms with Crippen LogP contribution in [0.4, 0.5) is 0 Å². The Bertz CT molecular complexity index is 323. The van der Waals surface area contributed by atoms with Gasteiger partial charge in [0.2, 0.25) is 0 Å². The molecular formula is C13H17ClO2. The van der Waals surface area contributed by atoms with Crippen molar-refractivity contribution in [2.24, 2.45) is 0 Å². The summed E-state index contributed by atoms with van der Waals surface area (Å²) in [5.41, 5.74) is 2.40. The summed E-state index contributed by atoms with van der Waals surface area (Å²) in [6.07, 6.45) is 2.03. The van der Waals surface area contributed by atoms with Gasteiger partial charge in [-0.05, 0) is 24.0 Å². The summed E-state index contributed by atoms with van der Waals surface area (Å²) in [6, 6.07) is 8.38. The number of halogens is 1. The van der Waals surface area contributed by atoms with E-state index in [4.69, 9.17) is 21.1 Å². The lowest BCUT2D eigenvalue weighted by molar-refractivity contribution is 0.0168. The fourth-order valence-corrected chi connectivity index (χ4v) is 2.23. The molecule has 1 aliphatic heterocycles. The van der Waals surface area contributed by atoms with E-state index >= 15 is 0 Å². The van der Waals surface area contributed by atoms with E-state index in [0.29, 0.717) is 6.61 Å². The van der Waals surface area contributed by atoms with Gasteiger partial charge in [-0.2, -0.15) is 0 Å². The average molecular weight is 241 g/mol. The SMILES string of the molecule is COCc1ccc(C2CC(Cl)CCO2)cc1. The molecule has 1 saturated heterocycles. The maximum atomic E-state index is 6.14. The Morgan fingerprint density at radius 3 is 2.75 bits per heavy atom. The zero-order chi connectivity index (χ0) is 11.4. The molecule has 1 aromatic rings. The van der Waals surface area contributed by atoms with Crippen molar-refractivity contribution in [3.05, 3.63) is 35.4 Å². The molecule has 0 aliphatic carbocycles. The van der Waals surface area contributed by atoms with Crippen LogP contribution in [-0.4, -0.2) is 19.1 Å². The van der Waals surface area contributed by atoms with Crippen LogP contribution in [0.3, 0.4) is 0 Å². The third-order valence-electron chi connectivity index (χ3n) is 2.88. The Balaban J connectivity index is 2.03. The minimum absolute atomic E-state index is 0.160. The van der Waals surface area contributed by atoms with E-state index in [2.05, 4.69) is 24.3 Å². The highest BCUT2D eigenvalue weighted by atomic mass is 35.5. The van der Waals surface area contributed by atoms with E-state index in [0.717, 1.165) is 19.4 Å². The second-order valence-electron chi connectivity index (χ2n) is 4.16. The number of hydrogen-bond acceptors (Lipinski definition) is 2. The molecule has 1 fully saturated rings. The predicted molar refractivity (Wildman–Crippen MR) is 64.7 cm³/mol. The van der Waals surface area contributed by atoms with Gasteiger partial charge >= 0.3 is 0 Å². The molecule has 1 heterocycles. The maximum Gasteiger partial charge on any atom is 0.0839 e. The third-order valence-corrected chi connectivity index (χ3v) is 3.28. The van der Waals surface area contributed by atoms with Crippen LogP contribution in [0, 0.1) is 0 Å². The standard InChI is InChI=1S/C13H17ClO2/c1-15-9-10-2-4-11(5-3-10)13-8-12(14)6-7-16-13/h2-5,12-13H,6-9H2,1H3. The lowest BCUT2D eigenvalue weighted by Crippen LogP contribution is -2.19. The molecule has 0 radical (unpaired) electrons. The lowest BCUT2D eigenvalue weighted by atomic mass is 10.00. The van der Waals surface area contributed by atoms with E-state index in [-0.39, 0.29) is 11.5 Å². The summed E-state index contributed by atoms with van der Waals surface area (Å²) >= 11 is 6.14. The van der Waals surface area contributed by atoms with Crippen LogP contribution in [0.2, 0.25) is 0 Å². The summed E-state index contributed by atoms with van der Waals surface area (Å²) < 4.78 is 10.8. The first-order chi connectivity index (χ1) is 7.79. The molecule has 2 unspecified atom stereocenters. The normalized spacial score (nSPS) is 25.6. The van der Waals surface area contributed by atoms with Gasteiger partial charge in [-0.25, -0.2) is 0 Å². The number of methoxy groups -OCH3 is 1. The second-order valence-corrected chi connectivity index (χ2v) is 4.77. The molecule has 0 bridgehead atoms. The molecule has 1 aromatic carbocycles. The smallest absolute Gasteiger partial charge is 0.0839 e. The Morgan fingerprint density at radius 1 is 1.38 bits per heavy atom. The van der Waals surface area contributed by atoms with Crippen molar-refractivity contribution in [1.82, 2.24) is 0 Å². The molecular weight excluding hydrogens is 224 g/mol. The molecule has 16 heavy (non-hydrogen) atoms. The second kappa shape index (κ2) is 5.67. The molecule has 88 valence electrons. The Morgan fingerprint density at radius 2 is 2.12 bits per heavy atom. The summed E-state index contributed by atoms with van der Waals surface area (Å²) in [5, 5.41) is 0.248. The summed E-state index contributed by atoms with van der Waals surface area (Å²) in [7, 11) is 1.70. The van der Waals surface area contributed by atoms with Crippen molar-refractivity contribution in [2.75, 3.05) is 13.7 Å². The van der Waals surface area contributed by atoms with Gasteiger partial charge in [0.25, 0.3) is 0 Å². The molecule has 2 nitrogen and oxygen atoms in total. The molecule has 2 atom stereocenters. The van der Waals surface area contributed by atoms with Gasteiger partial charge in [0.05, 0.1) is 12.7 Å². The Hall–Kier alpha value is -0.570. The average Bonchev–Trinajstić information content (AvgIpc) is 2.30. The van der Waals surface area contributed by atoms with Crippen molar-refractivity contribution in [2.45, 2.75) is 30.9 Å². The highest BCUT2D eigenvalue weighted by molar-refractivity contribution is 6.20. The van der Waals surface area contributed by atoms with Gasteiger partial charge in [0.15, 0.2) is 0 Å². The van der Waals surface area contributed by atoms with Crippen LogP contribution >= 0.6 is 11.6 Å². The lowest BCUT2D eigenvalue weighted by Gasteiger charge is -2.26. The van der Waals surface area contributed by atoms with Crippen molar-refractivity contribution >= 4 is 11.6 Å². The predicted octanol–water partition coefficient (Wildman–Crippen LogP) is 3.29. The van der Waals surface area contributed by atoms with E-state index in [1.807, 2.05) is 0 Å². The van der Waals surface area contributed by atoms with E-state index in [1.54, 1.807) is 7.11 Å². The van der Waals surface area contributed by atoms with Crippen LogP contribution in [0.5, 0.6) is 0 Å². The van der Waals surface area contributed by atoms with Crippen LogP contribution in [-0.2, 0) is 16.1 Å². The number of rotatable bonds is 3. The number of benzene rings is 1. The summed E-state index contributed by atoms with van der Waals surface area (Å²) in [5.74, 6) is 0. The first kappa shape index (κ1) is 11.9.